The lowest BCUT2D eigenvalue weighted by atomic mass is 10.2. The molecule has 0 fully saturated rings. The normalized spacial score (nSPS) is 10.3. The van der Waals surface area contributed by atoms with E-state index >= 15 is 0 Å². The molecule has 66 valence electrons. The predicted molar refractivity (Wildman–Crippen MR) is 55.2 cm³/mol. The van der Waals surface area contributed by atoms with Crippen molar-refractivity contribution in [2.45, 2.75) is 0 Å². The molecule has 0 radical (unpaired) electrons. The van der Waals surface area contributed by atoms with Gasteiger partial charge in [-0.05, 0) is 11.6 Å². The maximum Gasteiger partial charge on any atom is 0.135 e. The van der Waals surface area contributed by atoms with E-state index < -0.39 is 0 Å². The van der Waals surface area contributed by atoms with Crippen molar-refractivity contribution < 1.29 is 0 Å². The van der Waals surface area contributed by atoms with E-state index in [0.29, 0.717) is 0 Å². The van der Waals surface area contributed by atoms with Crippen LogP contribution >= 0.6 is 0 Å². The first kappa shape index (κ1) is 8.05. The Labute approximate surface area is 78.2 Å². The SMILES string of the molecule is CN(C)c1ncccc2cccc1-2. The molecule has 0 saturated heterocycles. The van der Waals surface area contributed by atoms with Gasteiger partial charge in [0.2, 0.25) is 0 Å². The lowest BCUT2D eigenvalue weighted by Gasteiger charge is -2.11. The van der Waals surface area contributed by atoms with Crippen molar-refractivity contribution in [2.75, 3.05) is 19.0 Å². The summed E-state index contributed by atoms with van der Waals surface area (Å²) in [4.78, 5) is 6.40. The Morgan fingerprint density at radius 3 is 2.62 bits per heavy atom. The molecule has 0 aromatic carbocycles. The Bertz CT molecular complexity index is 382. The lowest BCUT2D eigenvalue weighted by molar-refractivity contribution is 1.08. The van der Waals surface area contributed by atoms with Crippen LogP contribution in [0.1, 0.15) is 0 Å². The van der Waals surface area contributed by atoms with Gasteiger partial charge in [-0.3, -0.25) is 0 Å². The van der Waals surface area contributed by atoms with E-state index in [1.807, 2.05) is 31.3 Å². The van der Waals surface area contributed by atoms with Gasteiger partial charge in [0, 0.05) is 25.9 Å². The monoisotopic (exact) mass is 172 g/mol. The van der Waals surface area contributed by atoms with Gasteiger partial charge in [-0.1, -0.05) is 24.3 Å². The minimum Gasteiger partial charge on any atom is -0.362 e. The fourth-order valence-corrected chi connectivity index (χ4v) is 1.47. The number of hydrogen-bond acceptors (Lipinski definition) is 2. The van der Waals surface area contributed by atoms with Gasteiger partial charge in [-0.15, -0.1) is 0 Å². The molecule has 0 aromatic rings. The predicted octanol–water partition coefficient (Wildman–Crippen LogP) is 2.25. The number of fused-ring (bicyclic) bond motifs is 1. The lowest BCUT2D eigenvalue weighted by Crippen LogP contribution is -2.10. The van der Waals surface area contributed by atoms with Crippen LogP contribution < -0.4 is 4.90 Å². The summed E-state index contributed by atoms with van der Waals surface area (Å²) >= 11 is 0. The smallest absolute Gasteiger partial charge is 0.135 e. The number of hydrogen-bond donors (Lipinski definition) is 0. The fourth-order valence-electron chi connectivity index (χ4n) is 1.47. The van der Waals surface area contributed by atoms with E-state index in [0.717, 1.165) is 5.82 Å². The summed E-state index contributed by atoms with van der Waals surface area (Å²) in [7, 11) is 4.02. The third kappa shape index (κ3) is 1.35. The zero-order valence-electron chi connectivity index (χ0n) is 7.86. The van der Waals surface area contributed by atoms with Crippen molar-refractivity contribution in [3.05, 3.63) is 36.5 Å². The topological polar surface area (TPSA) is 16.1 Å². The van der Waals surface area contributed by atoms with Gasteiger partial charge in [-0.2, -0.15) is 0 Å². The average Bonchev–Trinajstić information content (AvgIpc) is 2.44. The van der Waals surface area contributed by atoms with Crippen LogP contribution in [0.3, 0.4) is 0 Å². The second kappa shape index (κ2) is 3.05. The van der Waals surface area contributed by atoms with Gasteiger partial charge in [0.25, 0.3) is 0 Å². The van der Waals surface area contributed by atoms with E-state index in [1.54, 1.807) is 0 Å². The standard InChI is InChI=1S/C11H12N2/c1-13(2)11-10-7-3-5-9(10)6-4-8-12-11/h3-8H,1-2H3. The van der Waals surface area contributed by atoms with E-state index in [4.69, 9.17) is 0 Å². The first-order valence-corrected chi connectivity index (χ1v) is 4.30. The summed E-state index contributed by atoms with van der Waals surface area (Å²) < 4.78 is 0. The van der Waals surface area contributed by atoms with Gasteiger partial charge < -0.3 is 4.90 Å². The Balaban J connectivity index is 2.67. The van der Waals surface area contributed by atoms with Crippen molar-refractivity contribution in [1.82, 2.24) is 4.98 Å². The molecule has 0 unspecified atom stereocenters. The van der Waals surface area contributed by atoms with E-state index in [-0.39, 0.29) is 0 Å². The largest absolute Gasteiger partial charge is 0.362 e. The number of anilines is 1. The second-order valence-corrected chi connectivity index (χ2v) is 3.25. The second-order valence-electron chi connectivity index (χ2n) is 3.25. The maximum atomic E-state index is 4.37. The summed E-state index contributed by atoms with van der Waals surface area (Å²) in [6.45, 7) is 0. The van der Waals surface area contributed by atoms with Crippen LogP contribution in [0.4, 0.5) is 5.82 Å². The quantitative estimate of drug-likeness (QED) is 0.656. The van der Waals surface area contributed by atoms with Crippen LogP contribution in [0.15, 0.2) is 36.5 Å². The molecule has 0 atom stereocenters. The molecule has 0 aromatic heterocycles. The minimum absolute atomic E-state index is 1.02. The Morgan fingerprint density at radius 1 is 1.08 bits per heavy atom. The first-order valence-electron chi connectivity index (χ1n) is 4.30. The summed E-state index contributed by atoms with van der Waals surface area (Å²) in [5.74, 6) is 1.02. The van der Waals surface area contributed by atoms with Crippen LogP contribution in [0, 0.1) is 0 Å². The molecule has 0 saturated carbocycles. The molecule has 2 rings (SSSR count). The highest BCUT2D eigenvalue weighted by Gasteiger charge is 2.07. The third-order valence-corrected chi connectivity index (χ3v) is 2.07. The van der Waals surface area contributed by atoms with Crippen LogP contribution in [0.5, 0.6) is 0 Å². The zero-order valence-corrected chi connectivity index (χ0v) is 7.86. The highest BCUT2D eigenvalue weighted by Crippen LogP contribution is 2.28. The summed E-state index contributed by atoms with van der Waals surface area (Å²) in [6, 6.07) is 10.3. The average molecular weight is 172 g/mol. The molecular formula is C11H12N2. The van der Waals surface area contributed by atoms with Crippen molar-refractivity contribution in [2.24, 2.45) is 0 Å². The van der Waals surface area contributed by atoms with Crippen LogP contribution in [0.2, 0.25) is 0 Å². The van der Waals surface area contributed by atoms with Gasteiger partial charge >= 0.3 is 0 Å². The Morgan fingerprint density at radius 2 is 1.85 bits per heavy atom. The molecule has 0 N–H and O–H groups in total. The molecule has 2 aliphatic rings. The molecule has 0 spiro atoms. The third-order valence-electron chi connectivity index (χ3n) is 2.07. The van der Waals surface area contributed by atoms with Gasteiger partial charge in [-0.25, -0.2) is 4.98 Å². The van der Waals surface area contributed by atoms with Crippen molar-refractivity contribution >= 4 is 5.82 Å². The first-order chi connectivity index (χ1) is 6.29. The molecule has 13 heavy (non-hydrogen) atoms. The minimum atomic E-state index is 1.02. The van der Waals surface area contributed by atoms with Crippen molar-refractivity contribution in [3.63, 3.8) is 0 Å². The number of aromatic nitrogens is 1. The fraction of sp³-hybridized carbons (Fsp3) is 0.182. The van der Waals surface area contributed by atoms with E-state index in [9.17, 15) is 0 Å². The number of nitrogens with zero attached hydrogens (tertiary/aromatic N) is 2. The highest BCUT2D eigenvalue weighted by molar-refractivity contribution is 5.77. The molecule has 2 heteroatoms. The van der Waals surface area contributed by atoms with E-state index in [2.05, 4.69) is 29.2 Å². The molecule has 1 aliphatic heterocycles. The van der Waals surface area contributed by atoms with E-state index in [1.165, 1.54) is 11.1 Å². The molecule has 0 bridgehead atoms. The molecule has 2 nitrogen and oxygen atoms in total. The maximum absolute atomic E-state index is 4.37. The summed E-state index contributed by atoms with van der Waals surface area (Å²) in [6.07, 6.45) is 1.83. The zero-order chi connectivity index (χ0) is 9.26. The Hall–Kier alpha value is -1.57. The Kier molecular flexibility index (Phi) is 1.89. The van der Waals surface area contributed by atoms with Crippen molar-refractivity contribution in [3.8, 4) is 11.1 Å². The highest BCUT2D eigenvalue weighted by atomic mass is 15.1. The molecule has 1 heterocycles. The molecular weight excluding hydrogens is 160 g/mol. The van der Waals surface area contributed by atoms with Crippen LogP contribution in [-0.4, -0.2) is 19.1 Å². The molecule has 1 aliphatic carbocycles. The van der Waals surface area contributed by atoms with Crippen molar-refractivity contribution in [1.29, 1.82) is 0 Å². The summed E-state index contributed by atoms with van der Waals surface area (Å²) in [5, 5.41) is 0. The van der Waals surface area contributed by atoms with Gasteiger partial charge in [0.05, 0.1) is 0 Å². The molecule has 0 amide bonds. The van der Waals surface area contributed by atoms with Crippen LogP contribution in [-0.2, 0) is 0 Å². The summed E-state index contributed by atoms with van der Waals surface area (Å²) in [5.41, 5.74) is 2.44. The van der Waals surface area contributed by atoms with Gasteiger partial charge in [0.15, 0.2) is 0 Å². The number of rotatable bonds is 1. The van der Waals surface area contributed by atoms with Crippen LogP contribution in [0.25, 0.3) is 11.1 Å². The van der Waals surface area contributed by atoms with Gasteiger partial charge in [0.1, 0.15) is 5.82 Å².